The highest BCUT2D eigenvalue weighted by Crippen LogP contribution is 2.42. The summed E-state index contributed by atoms with van der Waals surface area (Å²) in [6, 6.07) is 6.45. The van der Waals surface area contributed by atoms with Crippen LogP contribution in [0.5, 0.6) is 5.75 Å². The Balaban J connectivity index is 1.98. The van der Waals surface area contributed by atoms with Crippen LogP contribution in [0.3, 0.4) is 0 Å². The van der Waals surface area contributed by atoms with Crippen molar-refractivity contribution in [2.45, 2.75) is 51.5 Å². The molecule has 0 radical (unpaired) electrons. The Labute approximate surface area is 212 Å². The second-order valence-electron chi connectivity index (χ2n) is 9.01. The van der Waals surface area contributed by atoms with Crippen molar-refractivity contribution in [2.24, 2.45) is 5.73 Å². The number of hydrogen-bond donors (Lipinski definition) is 3. The lowest BCUT2D eigenvalue weighted by Gasteiger charge is -2.44. The molecule has 0 spiro atoms. The second kappa shape index (κ2) is 10.6. The molecule has 0 fully saturated rings. The first kappa shape index (κ1) is 27.1. The third-order valence-electron chi connectivity index (χ3n) is 5.66. The minimum Gasteiger partial charge on any atom is -0.484 e. The van der Waals surface area contributed by atoms with Crippen molar-refractivity contribution in [1.29, 1.82) is 0 Å². The third-order valence-corrected chi connectivity index (χ3v) is 5.95. The third kappa shape index (κ3) is 6.00. The number of ether oxygens (including phenoxy) is 2. The number of fused-ring (bicyclic) bond motifs is 1. The highest BCUT2D eigenvalue weighted by molar-refractivity contribution is 6.31. The molecule has 0 unspecified atom stereocenters. The summed E-state index contributed by atoms with van der Waals surface area (Å²) in [7, 11) is 0. The standard InChI is InChI=1S/C25H27ClFN3O6/c1-12(28)23(33)29-11-20(32)35-22-21(30-24(34)15-5-7-18(27)17(26)10-15)16-9-14(13(2)31)6-8-19(16)36-25(22,3)4/h5-10,12,21-22H,11,28H2,1-4H3,(H,29,33)(H,30,34)/t12-,21-,22-/m0/s1. The van der Waals surface area contributed by atoms with Crippen LogP contribution in [0.25, 0.3) is 0 Å². The van der Waals surface area contributed by atoms with E-state index < -0.39 is 53.9 Å². The van der Waals surface area contributed by atoms with Gasteiger partial charge in [-0.25, -0.2) is 4.39 Å². The SMILES string of the molecule is CC(=O)c1ccc2c(c1)[C@H](NC(=O)c1ccc(F)c(Cl)c1)[C@H](OC(=O)CNC(=O)[C@H](C)N)C(C)(C)O2. The molecule has 3 atom stereocenters. The van der Waals surface area contributed by atoms with Crippen LogP contribution in [0, 0.1) is 5.82 Å². The lowest BCUT2D eigenvalue weighted by atomic mass is 9.85. The van der Waals surface area contributed by atoms with Gasteiger partial charge in [0, 0.05) is 16.7 Å². The lowest BCUT2D eigenvalue weighted by molar-refractivity contribution is -0.164. The van der Waals surface area contributed by atoms with E-state index in [1.54, 1.807) is 32.0 Å². The van der Waals surface area contributed by atoms with Crippen molar-refractivity contribution >= 4 is 35.2 Å². The summed E-state index contributed by atoms with van der Waals surface area (Å²) in [6.45, 7) is 5.74. The number of ketones is 1. The molecule has 1 heterocycles. The average molecular weight is 520 g/mol. The van der Waals surface area contributed by atoms with Gasteiger partial charge < -0.3 is 25.8 Å². The number of Topliss-reactive ketones (excluding diaryl/α,β-unsaturated/α-hetero) is 1. The number of esters is 1. The molecule has 0 saturated heterocycles. The van der Waals surface area contributed by atoms with Gasteiger partial charge in [0.2, 0.25) is 5.91 Å². The maximum Gasteiger partial charge on any atom is 0.325 e. The van der Waals surface area contributed by atoms with E-state index in [1.807, 2.05) is 0 Å². The summed E-state index contributed by atoms with van der Waals surface area (Å²) in [5, 5.41) is 4.94. The van der Waals surface area contributed by atoms with Gasteiger partial charge in [-0.15, -0.1) is 0 Å². The van der Waals surface area contributed by atoms with Gasteiger partial charge in [-0.05, 0) is 64.1 Å². The van der Waals surface area contributed by atoms with Crippen molar-refractivity contribution in [3.8, 4) is 5.75 Å². The predicted molar refractivity (Wildman–Crippen MR) is 129 cm³/mol. The first-order valence-corrected chi connectivity index (χ1v) is 11.5. The molecule has 3 rings (SSSR count). The predicted octanol–water partition coefficient (Wildman–Crippen LogP) is 2.70. The van der Waals surface area contributed by atoms with E-state index in [9.17, 15) is 23.6 Å². The normalized spacial score (nSPS) is 18.8. The maximum atomic E-state index is 13.6. The van der Waals surface area contributed by atoms with Gasteiger partial charge in [0.1, 0.15) is 23.7 Å². The van der Waals surface area contributed by atoms with Crippen LogP contribution >= 0.6 is 11.6 Å². The lowest BCUT2D eigenvalue weighted by Crippen LogP contribution is -2.56. The second-order valence-corrected chi connectivity index (χ2v) is 9.42. The molecule has 2 aromatic carbocycles. The largest absolute Gasteiger partial charge is 0.484 e. The van der Waals surface area contributed by atoms with E-state index in [-0.39, 0.29) is 16.4 Å². The van der Waals surface area contributed by atoms with Crippen LogP contribution < -0.4 is 21.1 Å². The molecule has 2 amide bonds. The van der Waals surface area contributed by atoms with E-state index in [0.29, 0.717) is 16.9 Å². The fraction of sp³-hybridized carbons (Fsp3) is 0.360. The van der Waals surface area contributed by atoms with E-state index in [1.165, 1.54) is 26.0 Å². The molecule has 0 aromatic heterocycles. The molecule has 9 nitrogen and oxygen atoms in total. The molecule has 0 aliphatic carbocycles. The van der Waals surface area contributed by atoms with Crippen LogP contribution in [0.15, 0.2) is 36.4 Å². The monoisotopic (exact) mass is 519 g/mol. The summed E-state index contributed by atoms with van der Waals surface area (Å²) in [5.41, 5.74) is 5.20. The minimum atomic E-state index is -1.13. The highest BCUT2D eigenvalue weighted by Gasteiger charge is 2.47. The number of nitrogens with two attached hydrogens (primary N) is 1. The number of carbonyl (C=O) groups is 4. The number of rotatable bonds is 7. The number of benzene rings is 2. The van der Waals surface area contributed by atoms with E-state index in [4.69, 9.17) is 26.8 Å². The molecular formula is C25H27ClFN3O6. The molecule has 192 valence electrons. The van der Waals surface area contributed by atoms with E-state index >= 15 is 0 Å². The number of nitrogens with one attached hydrogen (secondary N) is 2. The molecule has 4 N–H and O–H groups in total. The Bertz CT molecular complexity index is 1220. The van der Waals surface area contributed by atoms with Gasteiger partial charge >= 0.3 is 5.97 Å². The minimum absolute atomic E-state index is 0.0734. The van der Waals surface area contributed by atoms with Gasteiger partial charge in [-0.1, -0.05) is 11.6 Å². The molecule has 1 aliphatic heterocycles. The number of carbonyl (C=O) groups excluding carboxylic acids is 4. The summed E-state index contributed by atoms with van der Waals surface area (Å²) >= 11 is 5.84. The quantitative estimate of drug-likeness (QED) is 0.378. The summed E-state index contributed by atoms with van der Waals surface area (Å²) in [5.74, 6) is -2.47. The Hall–Kier alpha value is -3.50. The number of halogens is 2. The smallest absolute Gasteiger partial charge is 0.325 e. The van der Waals surface area contributed by atoms with Crippen molar-refractivity contribution in [3.05, 3.63) is 63.9 Å². The molecule has 11 heteroatoms. The Morgan fingerprint density at radius 2 is 1.83 bits per heavy atom. The van der Waals surface area contributed by atoms with Crippen LogP contribution in [0.2, 0.25) is 5.02 Å². The molecular weight excluding hydrogens is 493 g/mol. The van der Waals surface area contributed by atoms with Crippen LogP contribution in [0.4, 0.5) is 4.39 Å². The van der Waals surface area contributed by atoms with E-state index in [0.717, 1.165) is 6.07 Å². The van der Waals surface area contributed by atoms with Crippen molar-refractivity contribution in [2.75, 3.05) is 6.54 Å². The van der Waals surface area contributed by atoms with Crippen molar-refractivity contribution < 1.29 is 33.0 Å². The first-order chi connectivity index (χ1) is 16.8. The molecule has 0 bridgehead atoms. The topological polar surface area (TPSA) is 137 Å². The van der Waals surface area contributed by atoms with Crippen molar-refractivity contribution in [3.63, 3.8) is 0 Å². The zero-order valence-corrected chi connectivity index (χ0v) is 20.9. The Morgan fingerprint density at radius 3 is 2.44 bits per heavy atom. The van der Waals surface area contributed by atoms with Crippen LogP contribution in [0.1, 0.15) is 60.0 Å². The molecule has 36 heavy (non-hydrogen) atoms. The fourth-order valence-electron chi connectivity index (χ4n) is 3.74. The number of amides is 2. The molecule has 1 aliphatic rings. The van der Waals surface area contributed by atoms with Gasteiger partial charge in [0.05, 0.1) is 17.1 Å². The maximum absolute atomic E-state index is 13.6. The van der Waals surface area contributed by atoms with Gasteiger partial charge in [-0.2, -0.15) is 0 Å². The van der Waals surface area contributed by atoms with Gasteiger partial charge in [0.25, 0.3) is 5.91 Å². The van der Waals surface area contributed by atoms with Crippen molar-refractivity contribution in [1.82, 2.24) is 10.6 Å². The average Bonchev–Trinajstić information content (AvgIpc) is 2.80. The number of hydrogen-bond acceptors (Lipinski definition) is 7. The summed E-state index contributed by atoms with van der Waals surface area (Å²) in [4.78, 5) is 49.5. The summed E-state index contributed by atoms with van der Waals surface area (Å²) in [6.07, 6.45) is -1.08. The van der Waals surface area contributed by atoms with Gasteiger partial charge in [0.15, 0.2) is 11.9 Å². The zero-order valence-electron chi connectivity index (χ0n) is 20.2. The molecule has 0 saturated carbocycles. The highest BCUT2D eigenvalue weighted by atomic mass is 35.5. The summed E-state index contributed by atoms with van der Waals surface area (Å²) < 4.78 is 25.4. The van der Waals surface area contributed by atoms with E-state index in [2.05, 4.69) is 10.6 Å². The Kier molecular flexibility index (Phi) is 8.00. The Morgan fingerprint density at radius 1 is 1.17 bits per heavy atom. The van der Waals surface area contributed by atoms with Crippen LogP contribution in [-0.2, 0) is 14.3 Å². The zero-order chi connectivity index (χ0) is 26.8. The fourth-order valence-corrected chi connectivity index (χ4v) is 3.92. The van der Waals surface area contributed by atoms with Crippen LogP contribution in [-0.4, -0.2) is 47.9 Å². The first-order valence-electron chi connectivity index (χ1n) is 11.1. The molecule has 2 aromatic rings. The van der Waals surface area contributed by atoms with Gasteiger partial charge in [-0.3, -0.25) is 19.2 Å².